The predicted octanol–water partition coefficient (Wildman–Crippen LogP) is 1.66. The Morgan fingerprint density at radius 1 is 1.09 bits per heavy atom. The van der Waals surface area contributed by atoms with Gasteiger partial charge in [-0.3, -0.25) is 0 Å². The number of hydrogen-bond acceptors (Lipinski definition) is 7. The number of ether oxygens (including phenoxy) is 2. The molecule has 4 aliphatic rings. The summed E-state index contributed by atoms with van der Waals surface area (Å²) in [5.74, 6) is 0.497. The van der Waals surface area contributed by atoms with Crippen LogP contribution >= 0.6 is 0 Å². The van der Waals surface area contributed by atoms with Crippen molar-refractivity contribution in [3.8, 4) is 0 Å². The van der Waals surface area contributed by atoms with Gasteiger partial charge in [-0.05, 0) is 54.9 Å². The van der Waals surface area contributed by atoms with Crippen LogP contribution in [-0.2, 0) is 9.47 Å². The molecule has 0 bridgehead atoms. The molecule has 7 nitrogen and oxygen atoms in total. The van der Waals surface area contributed by atoms with Gasteiger partial charge in [0.2, 0.25) is 0 Å². The Labute approximate surface area is 190 Å². The van der Waals surface area contributed by atoms with Crippen molar-refractivity contribution in [2.24, 2.45) is 22.7 Å². The van der Waals surface area contributed by atoms with Crippen LogP contribution in [0.1, 0.15) is 59.8 Å². The number of fused-ring (bicyclic) bond motifs is 3. The zero-order chi connectivity index (χ0) is 23.4. The molecule has 7 heteroatoms. The monoisotopic (exact) mass is 452 g/mol. The maximum Gasteiger partial charge on any atom is 0.186 e. The molecular formula is C25H40O7. The minimum Gasteiger partial charge on any atom is -0.392 e. The van der Waals surface area contributed by atoms with E-state index < -0.39 is 36.8 Å². The third-order valence-electron chi connectivity index (χ3n) is 8.82. The molecule has 4 rings (SSSR count). The van der Waals surface area contributed by atoms with Crippen molar-refractivity contribution in [2.75, 3.05) is 13.2 Å². The Morgan fingerprint density at radius 3 is 2.47 bits per heavy atom. The number of allylic oxidation sites excluding steroid dienone is 2. The van der Waals surface area contributed by atoms with E-state index in [1.165, 1.54) is 11.1 Å². The normalized spacial score (nSPS) is 47.2. The van der Waals surface area contributed by atoms with Crippen molar-refractivity contribution in [3.05, 3.63) is 22.8 Å². The smallest absolute Gasteiger partial charge is 0.186 e. The maximum atomic E-state index is 11.0. The van der Waals surface area contributed by atoms with E-state index in [9.17, 15) is 25.5 Å². The van der Waals surface area contributed by atoms with E-state index in [0.717, 1.165) is 25.7 Å². The fourth-order valence-corrected chi connectivity index (χ4v) is 6.61. The van der Waals surface area contributed by atoms with Gasteiger partial charge in [0.15, 0.2) is 6.29 Å². The van der Waals surface area contributed by atoms with E-state index >= 15 is 0 Å². The van der Waals surface area contributed by atoms with E-state index in [4.69, 9.17) is 9.47 Å². The van der Waals surface area contributed by atoms with E-state index in [1.807, 2.05) is 0 Å². The molecule has 2 fully saturated rings. The Morgan fingerprint density at radius 2 is 1.81 bits per heavy atom. The van der Waals surface area contributed by atoms with Crippen LogP contribution in [0.3, 0.4) is 0 Å². The van der Waals surface area contributed by atoms with Gasteiger partial charge in [0.1, 0.15) is 18.3 Å². The van der Waals surface area contributed by atoms with E-state index in [0.29, 0.717) is 17.9 Å². The molecule has 3 aliphatic carbocycles. The summed E-state index contributed by atoms with van der Waals surface area (Å²) < 4.78 is 11.9. The van der Waals surface area contributed by atoms with E-state index in [1.54, 1.807) is 6.08 Å². The van der Waals surface area contributed by atoms with Gasteiger partial charge in [0.05, 0.1) is 25.4 Å². The van der Waals surface area contributed by atoms with Crippen molar-refractivity contribution < 1.29 is 35.0 Å². The quantitative estimate of drug-likeness (QED) is 0.412. The molecule has 0 aromatic carbocycles. The third kappa shape index (κ3) is 3.90. The highest BCUT2D eigenvalue weighted by atomic mass is 16.7. The SMILES string of the molecule is CC(C)C1=C2[C@H]3C[C@@H](O)C(CO)=C[C@H](O[C@@H]4OC[C@@H](O)[C@H](O)[C@H]4O)[C@]3(C)CC[C@@]2(C)CC1. The molecule has 0 unspecified atom stereocenters. The highest BCUT2D eigenvalue weighted by molar-refractivity contribution is 5.37. The number of aliphatic hydroxyl groups excluding tert-OH is 5. The van der Waals surface area contributed by atoms with Gasteiger partial charge in [0, 0.05) is 5.41 Å². The third-order valence-corrected chi connectivity index (χ3v) is 8.82. The average molecular weight is 453 g/mol. The van der Waals surface area contributed by atoms with Crippen LogP contribution in [0.15, 0.2) is 22.8 Å². The number of aliphatic hydroxyl groups is 5. The topological polar surface area (TPSA) is 120 Å². The zero-order valence-corrected chi connectivity index (χ0v) is 19.7. The highest BCUT2D eigenvalue weighted by Crippen LogP contribution is 2.63. The maximum absolute atomic E-state index is 11.0. The summed E-state index contributed by atoms with van der Waals surface area (Å²) in [4.78, 5) is 0. The largest absolute Gasteiger partial charge is 0.392 e. The minimum absolute atomic E-state index is 0.0673. The van der Waals surface area contributed by atoms with E-state index in [2.05, 4.69) is 27.7 Å². The number of hydrogen-bond donors (Lipinski definition) is 5. The Kier molecular flexibility index (Phi) is 6.66. The first-order chi connectivity index (χ1) is 15.0. The molecule has 1 aliphatic heterocycles. The molecule has 0 radical (unpaired) electrons. The Hall–Kier alpha value is -0.800. The second kappa shape index (κ2) is 8.77. The Balaban J connectivity index is 1.74. The van der Waals surface area contributed by atoms with Crippen LogP contribution in [0.4, 0.5) is 0 Å². The molecule has 0 spiro atoms. The lowest BCUT2D eigenvalue weighted by Crippen LogP contribution is -2.56. The van der Waals surface area contributed by atoms with Crippen molar-refractivity contribution in [3.63, 3.8) is 0 Å². The molecule has 0 aromatic heterocycles. The van der Waals surface area contributed by atoms with Crippen LogP contribution in [0.5, 0.6) is 0 Å². The summed E-state index contributed by atoms with van der Waals surface area (Å²) in [6.07, 6.45) is 0.115. The Bertz CT molecular complexity index is 776. The molecule has 5 N–H and O–H groups in total. The van der Waals surface area contributed by atoms with Crippen molar-refractivity contribution in [2.45, 2.75) is 96.6 Å². The molecule has 1 saturated carbocycles. The van der Waals surface area contributed by atoms with Crippen LogP contribution in [0.2, 0.25) is 0 Å². The molecule has 1 heterocycles. The van der Waals surface area contributed by atoms with Crippen molar-refractivity contribution >= 4 is 0 Å². The second-order valence-electron chi connectivity index (χ2n) is 11.2. The van der Waals surface area contributed by atoms with Gasteiger partial charge in [-0.2, -0.15) is 0 Å². The lowest BCUT2D eigenvalue weighted by Gasteiger charge is -2.53. The van der Waals surface area contributed by atoms with Crippen LogP contribution < -0.4 is 0 Å². The van der Waals surface area contributed by atoms with Crippen LogP contribution in [0, 0.1) is 22.7 Å². The lowest BCUT2D eigenvalue weighted by atomic mass is 9.54. The first-order valence-electron chi connectivity index (χ1n) is 12.1. The molecule has 32 heavy (non-hydrogen) atoms. The summed E-state index contributed by atoms with van der Waals surface area (Å²) in [6, 6.07) is 0. The fourth-order valence-electron chi connectivity index (χ4n) is 6.61. The lowest BCUT2D eigenvalue weighted by molar-refractivity contribution is -0.289. The van der Waals surface area contributed by atoms with Crippen LogP contribution in [0.25, 0.3) is 0 Å². The van der Waals surface area contributed by atoms with Crippen molar-refractivity contribution in [1.82, 2.24) is 0 Å². The first kappa shape index (κ1) is 24.3. The summed E-state index contributed by atoms with van der Waals surface area (Å²) >= 11 is 0. The highest BCUT2D eigenvalue weighted by Gasteiger charge is 2.56. The van der Waals surface area contributed by atoms with E-state index in [-0.39, 0.29) is 30.0 Å². The second-order valence-corrected chi connectivity index (χ2v) is 11.2. The predicted molar refractivity (Wildman–Crippen MR) is 118 cm³/mol. The molecule has 0 amide bonds. The number of rotatable bonds is 4. The molecule has 9 atom stereocenters. The van der Waals surface area contributed by atoms with Crippen LogP contribution in [-0.4, -0.2) is 75.6 Å². The summed E-state index contributed by atoms with van der Waals surface area (Å²) in [6.45, 7) is 8.59. The zero-order valence-electron chi connectivity index (χ0n) is 19.7. The first-order valence-corrected chi connectivity index (χ1v) is 12.1. The minimum atomic E-state index is -1.38. The molecule has 0 aromatic rings. The van der Waals surface area contributed by atoms with Crippen molar-refractivity contribution in [1.29, 1.82) is 0 Å². The summed E-state index contributed by atoms with van der Waals surface area (Å²) in [7, 11) is 0. The van der Waals surface area contributed by atoms with Gasteiger partial charge in [0.25, 0.3) is 0 Å². The van der Waals surface area contributed by atoms with Gasteiger partial charge in [-0.15, -0.1) is 0 Å². The van der Waals surface area contributed by atoms with Gasteiger partial charge in [-0.25, -0.2) is 0 Å². The summed E-state index contributed by atoms with van der Waals surface area (Å²) in [5.41, 5.74) is 3.18. The fraction of sp³-hybridized carbons (Fsp3) is 0.840. The molecule has 182 valence electrons. The molecular weight excluding hydrogens is 412 g/mol. The van der Waals surface area contributed by atoms with Gasteiger partial charge in [-0.1, -0.05) is 44.9 Å². The average Bonchev–Trinajstić information content (AvgIpc) is 3.06. The van der Waals surface area contributed by atoms with Gasteiger partial charge < -0.3 is 35.0 Å². The molecule has 1 saturated heterocycles. The standard InChI is InChI=1S/C25H40O7/c1-13(2)15-5-6-24(3)7-8-25(4)16(20(15)24)10-17(27)14(11-26)9-19(25)32-23-22(30)21(29)18(28)12-31-23/h9,13,16-19,21-23,26-30H,5-8,10-12H2,1-4H3/t16-,17-,18-,19+,21+,22-,23+,24-,25-/m1/s1. The van der Waals surface area contributed by atoms with Gasteiger partial charge >= 0.3 is 0 Å². The summed E-state index contributed by atoms with van der Waals surface area (Å²) in [5, 5.41) is 51.4.